The van der Waals surface area contributed by atoms with Gasteiger partial charge in [-0.05, 0) is 38.5 Å². The molecule has 6 nitrogen and oxygen atoms in total. The van der Waals surface area contributed by atoms with Crippen molar-refractivity contribution in [2.45, 2.75) is 31.8 Å². The fourth-order valence-electron chi connectivity index (χ4n) is 2.90. The predicted molar refractivity (Wildman–Crippen MR) is 95.5 cm³/mol. The highest BCUT2D eigenvalue weighted by Gasteiger charge is 2.38. The van der Waals surface area contributed by atoms with Gasteiger partial charge in [-0.15, -0.1) is 0 Å². The Balaban J connectivity index is 1.71. The van der Waals surface area contributed by atoms with E-state index in [2.05, 4.69) is 0 Å². The zero-order valence-electron chi connectivity index (χ0n) is 14.8. The molecule has 0 saturated carbocycles. The van der Waals surface area contributed by atoms with Crippen LogP contribution in [0.25, 0.3) is 0 Å². The minimum atomic E-state index is -3.51. The van der Waals surface area contributed by atoms with Gasteiger partial charge in [-0.25, -0.2) is 8.42 Å². The van der Waals surface area contributed by atoms with Crippen molar-refractivity contribution >= 4 is 10.0 Å². The number of sulfonamides is 1. The van der Waals surface area contributed by atoms with Crippen LogP contribution in [0.1, 0.15) is 16.8 Å². The molecule has 1 saturated heterocycles. The number of aromatic nitrogens is 1. The largest absolute Gasteiger partial charge is 0.487 e. The molecule has 25 heavy (non-hydrogen) atoms. The molecule has 1 aliphatic heterocycles. The van der Waals surface area contributed by atoms with Crippen molar-refractivity contribution in [3.8, 4) is 5.75 Å². The maximum absolute atomic E-state index is 12.7. The van der Waals surface area contributed by atoms with Crippen LogP contribution in [0.3, 0.4) is 0 Å². The van der Waals surface area contributed by atoms with Gasteiger partial charge in [-0.2, -0.15) is 4.31 Å². The first-order valence-corrected chi connectivity index (χ1v) is 9.54. The summed E-state index contributed by atoms with van der Waals surface area (Å²) in [5, 5.41) is 0. The Bertz CT molecular complexity index is 973. The molecular weight excluding hydrogens is 340 g/mol. The Morgan fingerprint density at radius 1 is 1.08 bits per heavy atom. The molecule has 2 aromatic rings. The lowest BCUT2D eigenvalue weighted by Gasteiger charge is -2.38. The molecule has 1 aliphatic rings. The second-order valence-electron chi connectivity index (χ2n) is 6.56. The van der Waals surface area contributed by atoms with Crippen LogP contribution >= 0.6 is 0 Å². The second-order valence-corrected chi connectivity index (χ2v) is 8.47. The number of hydrogen-bond acceptors (Lipinski definition) is 4. The van der Waals surface area contributed by atoms with Crippen LogP contribution in [0.2, 0.25) is 0 Å². The first-order valence-electron chi connectivity index (χ1n) is 8.10. The van der Waals surface area contributed by atoms with Crippen LogP contribution in [-0.4, -0.2) is 36.5 Å². The molecule has 0 atom stereocenters. The average Bonchev–Trinajstić information content (AvgIpc) is 2.47. The smallest absolute Gasteiger partial charge is 0.254 e. The normalized spacial score (nSPS) is 15.8. The molecule has 7 heteroatoms. The van der Waals surface area contributed by atoms with Gasteiger partial charge in [0, 0.05) is 18.8 Å². The number of nitrogens with zero attached hydrogens (tertiary/aromatic N) is 2. The van der Waals surface area contributed by atoms with Crippen LogP contribution in [0.5, 0.6) is 5.75 Å². The van der Waals surface area contributed by atoms with E-state index in [1.165, 1.54) is 14.9 Å². The lowest BCUT2D eigenvalue weighted by molar-refractivity contribution is 0.0758. The van der Waals surface area contributed by atoms with Crippen molar-refractivity contribution in [3.63, 3.8) is 0 Å². The second kappa shape index (κ2) is 6.31. The van der Waals surface area contributed by atoms with E-state index in [1.807, 2.05) is 19.9 Å². The minimum Gasteiger partial charge on any atom is -0.487 e. The summed E-state index contributed by atoms with van der Waals surface area (Å²) in [6.07, 6.45) is -0.243. The molecule has 1 aromatic carbocycles. The van der Waals surface area contributed by atoms with Crippen LogP contribution in [0.15, 0.2) is 40.0 Å². The molecule has 3 rings (SSSR count). The van der Waals surface area contributed by atoms with E-state index in [1.54, 1.807) is 32.2 Å². The molecule has 0 bridgehead atoms. The molecule has 0 unspecified atom stereocenters. The zero-order valence-corrected chi connectivity index (χ0v) is 15.6. The van der Waals surface area contributed by atoms with E-state index in [-0.39, 0.29) is 24.8 Å². The summed E-state index contributed by atoms with van der Waals surface area (Å²) in [4.78, 5) is 12.1. The van der Waals surface area contributed by atoms with Crippen molar-refractivity contribution in [1.82, 2.24) is 8.87 Å². The number of benzene rings is 1. The molecule has 1 fully saturated rings. The van der Waals surface area contributed by atoms with Gasteiger partial charge in [0.2, 0.25) is 10.0 Å². The topological polar surface area (TPSA) is 68.6 Å². The lowest BCUT2D eigenvalue weighted by atomic mass is 10.2. The van der Waals surface area contributed by atoms with Crippen LogP contribution in [0.4, 0.5) is 0 Å². The van der Waals surface area contributed by atoms with Crippen molar-refractivity contribution in [3.05, 3.63) is 57.5 Å². The van der Waals surface area contributed by atoms with Gasteiger partial charge in [0.05, 0.1) is 18.0 Å². The Morgan fingerprint density at radius 2 is 1.76 bits per heavy atom. The molecule has 0 radical (unpaired) electrons. The van der Waals surface area contributed by atoms with Gasteiger partial charge < -0.3 is 9.30 Å². The monoisotopic (exact) mass is 362 g/mol. The fraction of sp³-hybridized carbons (Fsp3) is 0.389. The van der Waals surface area contributed by atoms with E-state index < -0.39 is 10.0 Å². The maximum atomic E-state index is 12.7. The first-order chi connectivity index (χ1) is 11.7. The molecule has 134 valence electrons. The average molecular weight is 362 g/mol. The van der Waals surface area contributed by atoms with E-state index in [9.17, 15) is 13.2 Å². The third kappa shape index (κ3) is 3.34. The summed E-state index contributed by atoms with van der Waals surface area (Å²) in [6, 6.07) is 8.52. The Hall–Kier alpha value is -2.12. The van der Waals surface area contributed by atoms with Gasteiger partial charge in [-0.3, -0.25) is 4.79 Å². The number of rotatable bonds is 4. The molecule has 0 N–H and O–H groups in total. The standard InChI is InChI=1S/C18H22N2O4S/c1-12-5-6-17(13(2)7-12)25(22,23)20-10-16(11-20)24-15-8-14(3)19(4)18(21)9-15/h5-9,16H,10-11H2,1-4H3. The summed E-state index contributed by atoms with van der Waals surface area (Å²) >= 11 is 0. The predicted octanol–water partition coefficient (Wildman–Crippen LogP) is 1.76. The Labute approximate surface area is 147 Å². The zero-order chi connectivity index (χ0) is 18.4. The maximum Gasteiger partial charge on any atom is 0.254 e. The van der Waals surface area contributed by atoms with E-state index in [4.69, 9.17) is 4.74 Å². The van der Waals surface area contributed by atoms with E-state index in [0.29, 0.717) is 10.6 Å². The van der Waals surface area contributed by atoms with Gasteiger partial charge in [0.1, 0.15) is 11.9 Å². The van der Waals surface area contributed by atoms with Crippen molar-refractivity contribution < 1.29 is 13.2 Å². The summed E-state index contributed by atoms with van der Waals surface area (Å²) < 4.78 is 34.1. The summed E-state index contributed by atoms with van der Waals surface area (Å²) in [7, 11) is -1.81. The summed E-state index contributed by atoms with van der Waals surface area (Å²) in [5.41, 5.74) is 2.42. The van der Waals surface area contributed by atoms with Crippen LogP contribution in [0, 0.1) is 20.8 Å². The van der Waals surface area contributed by atoms with Gasteiger partial charge in [0.15, 0.2) is 0 Å². The Morgan fingerprint density at radius 3 is 2.36 bits per heavy atom. The number of pyridine rings is 1. The number of aryl methyl sites for hydroxylation is 3. The number of hydrogen-bond donors (Lipinski definition) is 0. The van der Waals surface area contributed by atoms with Crippen LogP contribution < -0.4 is 10.3 Å². The third-order valence-electron chi connectivity index (χ3n) is 4.54. The summed E-state index contributed by atoms with van der Waals surface area (Å²) in [5.74, 6) is 0.481. The highest BCUT2D eigenvalue weighted by molar-refractivity contribution is 7.89. The van der Waals surface area contributed by atoms with Crippen molar-refractivity contribution in [2.75, 3.05) is 13.1 Å². The van der Waals surface area contributed by atoms with Crippen molar-refractivity contribution in [2.24, 2.45) is 7.05 Å². The van der Waals surface area contributed by atoms with Gasteiger partial charge in [0.25, 0.3) is 5.56 Å². The Kier molecular flexibility index (Phi) is 4.47. The molecule has 0 spiro atoms. The minimum absolute atomic E-state index is 0.144. The van der Waals surface area contributed by atoms with Crippen molar-refractivity contribution in [1.29, 1.82) is 0 Å². The summed E-state index contributed by atoms with van der Waals surface area (Å²) in [6.45, 7) is 6.12. The first kappa shape index (κ1) is 17.7. The van der Waals surface area contributed by atoms with E-state index in [0.717, 1.165) is 16.8 Å². The van der Waals surface area contributed by atoms with Gasteiger partial charge >= 0.3 is 0 Å². The molecular formula is C18H22N2O4S. The molecule has 0 aliphatic carbocycles. The third-order valence-corrected chi connectivity index (χ3v) is 6.53. The lowest BCUT2D eigenvalue weighted by Crippen LogP contribution is -2.56. The van der Waals surface area contributed by atoms with E-state index >= 15 is 0 Å². The molecule has 0 amide bonds. The quantitative estimate of drug-likeness (QED) is 0.831. The highest BCUT2D eigenvalue weighted by Crippen LogP contribution is 2.27. The SMILES string of the molecule is Cc1ccc(S(=O)(=O)N2CC(Oc3cc(C)n(C)c(=O)c3)C2)c(C)c1. The molecule has 1 aromatic heterocycles. The molecule has 2 heterocycles. The highest BCUT2D eigenvalue weighted by atomic mass is 32.2. The van der Waals surface area contributed by atoms with Gasteiger partial charge in [-0.1, -0.05) is 17.7 Å². The fourth-order valence-corrected chi connectivity index (χ4v) is 4.61. The number of ether oxygens (including phenoxy) is 1. The van der Waals surface area contributed by atoms with Crippen LogP contribution in [-0.2, 0) is 17.1 Å².